The number of hydrogen-bond donors (Lipinski definition) is 0. The molecule has 1 saturated heterocycles. The Labute approximate surface area is 168 Å². The molecule has 0 atom stereocenters. The van der Waals surface area contributed by atoms with Crippen LogP contribution in [0.5, 0.6) is 0 Å². The Kier molecular flexibility index (Phi) is 5.82. The van der Waals surface area contributed by atoms with Crippen LogP contribution in [0.4, 0.5) is 19.0 Å². The first-order valence-corrected chi connectivity index (χ1v) is 9.64. The topological polar surface area (TPSA) is 49.3 Å². The quantitative estimate of drug-likeness (QED) is 0.767. The number of alkyl halides is 3. The molecule has 1 amide bonds. The van der Waals surface area contributed by atoms with Crippen LogP contribution < -0.4 is 4.90 Å². The highest BCUT2D eigenvalue weighted by Crippen LogP contribution is 2.30. The van der Waals surface area contributed by atoms with E-state index in [2.05, 4.69) is 28.7 Å². The summed E-state index contributed by atoms with van der Waals surface area (Å²) in [5.74, 6) is 1.65. The lowest BCUT2D eigenvalue weighted by Gasteiger charge is -2.37. The lowest BCUT2D eigenvalue weighted by Crippen LogP contribution is -2.49. The molecule has 2 heterocycles. The average Bonchev–Trinajstić information content (AvgIpc) is 2.66. The van der Waals surface area contributed by atoms with E-state index >= 15 is 0 Å². The van der Waals surface area contributed by atoms with Crippen molar-refractivity contribution in [1.29, 1.82) is 0 Å². The Morgan fingerprint density at radius 1 is 1.00 bits per heavy atom. The maximum Gasteiger partial charge on any atom is 0.416 e. The molecular formula is C21H25F3N4O. The molecule has 1 aliphatic rings. The molecule has 0 aliphatic carbocycles. The van der Waals surface area contributed by atoms with Crippen LogP contribution in [0.2, 0.25) is 0 Å². The molecule has 0 radical (unpaired) electrons. The van der Waals surface area contributed by atoms with Gasteiger partial charge in [0.15, 0.2) is 0 Å². The SMILES string of the molecule is Cc1nc(C)c(C(C)C)c(N2CCN(C(=O)c3ccc(C(F)(F)F)cc3)CC2)n1. The van der Waals surface area contributed by atoms with Crippen LogP contribution in [-0.2, 0) is 6.18 Å². The largest absolute Gasteiger partial charge is 0.416 e. The number of aromatic nitrogens is 2. The van der Waals surface area contributed by atoms with Gasteiger partial charge in [-0.15, -0.1) is 0 Å². The lowest BCUT2D eigenvalue weighted by atomic mass is 10.0. The number of amides is 1. The van der Waals surface area contributed by atoms with Gasteiger partial charge in [-0.2, -0.15) is 13.2 Å². The summed E-state index contributed by atoms with van der Waals surface area (Å²) in [4.78, 5) is 25.6. The Balaban J connectivity index is 1.72. The van der Waals surface area contributed by atoms with Crippen molar-refractivity contribution in [2.24, 2.45) is 0 Å². The van der Waals surface area contributed by atoms with Crippen molar-refractivity contribution in [2.45, 2.75) is 39.8 Å². The van der Waals surface area contributed by atoms with Crippen molar-refractivity contribution in [1.82, 2.24) is 14.9 Å². The number of benzene rings is 1. The second-order valence-electron chi connectivity index (χ2n) is 7.60. The first-order valence-electron chi connectivity index (χ1n) is 9.64. The van der Waals surface area contributed by atoms with Gasteiger partial charge in [0.25, 0.3) is 5.91 Å². The van der Waals surface area contributed by atoms with Crippen molar-refractivity contribution in [3.05, 3.63) is 52.5 Å². The van der Waals surface area contributed by atoms with Gasteiger partial charge in [-0.25, -0.2) is 9.97 Å². The number of aryl methyl sites for hydroxylation is 2. The van der Waals surface area contributed by atoms with Crippen molar-refractivity contribution in [2.75, 3.05) is 31.1 Å². The van der Waals surface area contributed by atoms with E-state index in [1.807, 2.05) is 13.8 Å². The zero-order valence-corrected chi connectivity index (χ0v) is 17.0. The van der Waals surface area contributed by atoms with Gasteiger partial charge in [0, 0.05) is 43.0 Å². The number of anilines is 1. The van der Waals surface area contributed by atoms with Crippen LogP contribution in [0, 0.1) is 13.8 Å². The van der Waals surface area contributed by atoms with Gasteiger partial charge in [-0.05, 0) is 44.0 Å². The summed E-state index contributed by atoms with van der Waals surface area (Å²) in [6, 6.07) is 4.38. The van der Waals surface area contributed by atoms with E-state index < -0.39 is 11.7 Å². The van der Waals surface area contributed by atoms with E-state index in [9.17, 15) is 18.0 Å². The predicted octanol–water partition coefficient (Wildman–Crippen LogP) is 4.20. The number of halogens is 3. The zero-order chi connectivity index (χ0) is 21.3. The number of carbonyl (C=O) groups is 1. The minimum atomic E-state index is -4.41. The second kappa shape index (κ2) is 8.00. The third-order valence-electron chi connectivity index (χ3n) is 5.13. The van der Waals surface area contributed by atoms with E-state index in [0.29, 0.717) is 32.0 Å². The van der Waals surface area contributed by atoms with Crippen LogP contribution in [0.1, 0.15) is 52.8 Å². The van der Waals surface area contributed by atoms with Crippen LogP contribution in [0.25, 0.3) is 0 Å². The molecule has 0 saturated carbocycles. The number of carbonyl (C=O) groups excluding carboxylic acids is 1. The molecule has 0 spiro atoms. The molecule has 0 N–H and O–H groups in total. The van der Waals surface area contributed by atoms with E-state index in [1.54, 1.807) is 4.90 Å². The number of rotatable bonds is 3. The first-order chi connectivity index (χ1) is 13.6. The summed E-state index contributed by atoms with van der Waals surface area (Å²) in [6.45, 7) is 10.3. The highest BCUT2D eigenvalue weighted by atomic mass is 19.4. The molecule has 0 unspecified atom stereocenters. The molecule has 3 rings (SSSR count). The fraction of sp³-hybridized carbons (Fsp3) is 0.476. The molecule has 156 valence electrons. The zero-order valence-electron chi connectivity index (χ0n) is 17.0. The highest BCUT2D eigenvalue weighted by molar-refractivity contribution is 5.94. The van der Waals surface area contributed by atoms with Crippen molar-refractivity contribution >= 4 is 11.7 Å². The predicted molar refractivity (Wildman–Crippen MR) is 105 cm³/mol. The van der Waals surface area contributed by atoms with Crippen LogP contribution in [-0.4, -0.2) is 47.0 Å². The van der Waals surface area contributed by atoms with Gasteiger partial charge >= 0.3 is 6.18 Å². The molecule has 1 aliphatic heterocycles. The number of nitrogens with zero attached hydrogens (tertiary/aromatic N) is 4. The molecule has 0 bridgehead atoms. The van der Waals surface area contributed by atoms with Gasteiger partial charge in [0.05, 0.1) is 5.56 Å². The summed E-state index contributed by atoms with van der Waals surface area (Å²) in [5.41, 5.74) is 1.58. The Morgan fingerprint density at radius 3 is 2.10 bits per heavy atom. The fourth-order valence-corrected chi connectivity index (χ4v) is 3.73. The van der Waals surface area contributed by atoms with E-state index in [4.69, 9.17) is 0 Å². The molecule has 29 heavy (non-hydrogen) atoms. The minimum absolute atomic E-state index is 0.252. The van der Waals surface area contributed by atoms with Crippen molar-refractivity contribution in [3.63, 3.8) is 0 Å². The smallest absolute Gasteiger partial charge is 0.353 e. The van der Waals surface area contributed by atoms with E-state index in [1.165, 1.54) is 12.1 Å². The molecule has 5 nitrogen and oxygen atoms in total. The maximum absolute atomic E-state index is 12.7. The second-order valence-corrected chi connectivity index (χ2v) is 7.60. The molecule has 1 fully saturated rings. The van der Waals surface area contributed by atoms with Gasteiger partial charge in [-0.3, -0.25) is 4.79 Å². The van der Waals surface area contributed by atoms with Crippen molar-refractivity contribution < 1.29 is 18.0 Å². The monoisotopic (exact) mass is 406 g/mol. The van der Waals surface area contributed by atoms with Crippen LogP contribution in [0.15, 0.2) is 24.3 Å². The Bertz CT molecular complexity index is 886. The number of piperazine rings is 1. The van der Waals surface area contributed by atoms with E-state index in [0.717, 1.165) is 29.2 Å². The fourth-order valence-electron chi connectivity index (χ4n) is 3.73. The third-order valence-corrected chi connectivity index (χ3v) is 5.13. The standard InChI is InChI=1S/C21H25F3N4O/c1-13(2)18-14(3)25-15(4)26-19(18)27-9-11-28(12-10-27)20(29)16-5-7-17(8-6-16)21(22,23)24/h5-8,13H,9-12H2,1-4H3. The minimum Gasteiger partial charge on any atom is -0.353 e. The summed E-state index contributed by atoms with van der Waals surface area (Å²) in [5, 5.41) is 0. The highest BCUT2D eigenvalue weighted by Gasteiger charge is 2.31. The number of hydrogen-bond acceptors (Lipinski definition) is 4. The summed E-state index contributed by atoms with van der Waals surface area (Å²) in [7, 11) is 0. The third kappa shape index (κ3) is 4.52. The first kappa shape index (κ1) is 21.1. The summed E-state index contributed by atoms with van der Waals surface area (Å²) < 4.78 is 38.1. The van der Waals surface area contributed by atoms with Crippen LogP contribution in [0.3, 0.4) is 0 Å². The lowest BCUT2D eigenvalue weighted by molar-refractivity contribution is -0.137. The summed E-state index contributed by atoms with van der Waals surface area (Å²) in [6.07, 6.45) is -4.41. The average molecular weight is 406 g/mol. The molecule has 1 aromatic heterocycles. The van der Waals surface area contributed by atoms with Crippen LogP contribution >= 0.6 is 0 Å². The molecule has 8 heteroatoms. The Morgan fingerprint density at radius 2 is 1.59 bits per heavy atom. The van der Waals surface area contributed by atoms with Crippen molar-refractivity contribution in [3.8, 4) is 0 Å². The van der Waals surface area contributed by atoms with Gasteiger partial charge in [0.2, 0.25) is 0 Å². The maximum atomic E-state index is 12.7. The normalized spacial score (nSPS) is 15.2. The summed E-state index contributed by atoms with van der Waals surface area (Å²) >= 11 is 0. The van der Waals surface area contributed by atoms with Gasteiger partial charge in [0.1, 0.15) is 11.6 Å². The Hall–Kier alpha value is -2.64. The molecular weight excluding hydrogens is 381 g/mol. The van der Waals surface area contributed by atoms with Gasteiger partial charge < -0.3 is 9.80 Å². The molecule has 2 aromatic rings. The van der Waals surface area contributed by atoms with Gasteiger partial charge in [-0.1, -0.05) is 13.8 Å². The molecule has 1 aromatic carbocycles. The van der Waals surface area contributed by atoms with E-state index in [-0.39, 0.29) is 17.4 Å².